The van der Waals surface area contributed by atoms with E-state index in [1.165, 1.54) is 23.5 Å². The standard InChI is InChI=1S/C12H14N4O2S2/c1-8-9(2)19-12(13-8)15-16-14-10-4-6-11(7-5-10)20(3,17)18/h4-7H,1-3H3,(H,13,14,15). The summed E-state index contributed by atoms with van der Waals surface area (Å²) >= 11 is 1.50. The molecule has 0 unspecified atom stereocenters. The minimum absolute atomic E-state index is 0.260. The Morgan fingerprint density at radius 1 is 1.20 bits per heavy atom. The largest absolute Gasteiger partial charge is 0.234 e. The SMILES string of the molecule is Cc1nc(NN=Nc2ccc(S(C)(=O)=O)cc2)sc1C. The van der Waals surface area contributed by atoms with Gasteiger partial charge in [0.05, 0.1) is 16.3 Å². The second-order valence-electron chi connectivity index (χ2n) is 4.24. The van der Waals surface area contributed by atoms with Crippen molar-refractivity contribution >= 4 is 32.0 Å². The van der Waals surface area contributed by atoms with Gasteiger partial charge in [-0.1, -0.05) is 5.22 Å². The van der Waals surface area contributed by atoms with E-state index >= 15 is 0 Å². The number of nitrogens with one attached hydrogen (secondary N) is 1. The van der Waals surface area contributed by atoms with Crippen LogP contribution in [-0.2, 0) is 9.84 Å². The Morgan fingerprint density at radius 3 is 2.35 bits per heavy atom. The van der Waals surface area contributed by atoms with Gasteiger partial charge in [-0.05, 0) is 38.1 Å². The quantitative estimate of drug-likeness (QED) is 0.694. The summed E-state index contributed by atoms with van der Waals surface area (Å²) in [6, 6.07) is 6.20. The number of hydrogen-bond donors (Lipinski definition) is 1. The van der Waals surface area contributed by atoms with Gasteiger partial charge >= 0.3 is 0 Å². The summed E-state index contributed by atoms with van der Waals surface area (Å²) in [7, 11) is -3.18. The van der Waals surface area contributed by atoms with Crippen LogP contribution in [-0.4, -0.2) is 19.7 Å². The highest BCUT2D eigenvalue weighted by Gasteiger charge is 2.05. The van der Waals surface area contributed by atoms with Crippen LogP contribution in [0.15, 0.2) is 39.5 Å². The van der Waals surface area contributed by atoms with Gasteiger partial charge in [-0.3, -0.25) is 0 Å². The molecule has 0 atom stereocenters. The lowest BCUT2D eigenvalue weighted by Crippen LogP contribution is -1.95. The minimum Gasteiger partial charge on any atom is -0.234 e. The summed E-state index contributed by atoms with van der Waals surface area (Å²) in [6.07, 6.45) is 1.16. The molecule has 106 valence electrons. The van der Waals surface area contributed by atoms with Crippen LogP contribution in [0.5, 0.6) is 0 Å². The maximum absolute atomic E-state index is 11.3. The zero-order chi connectivity index (χ0) is 14.8. The van der Waals surface area contributed by atoms with Crippen molar-refractivity contribution in [2.45, 2.75) is 18.7 Å². The molecule has 0 saturated heterocycles. The molecule has 0 bridgehead atoms. The third kappa shape index (κ3) is 3.61. The number of rotatable bonds is 4. The summed E-state index contributed by atoms with van der Waals surface area (Å²) in [6.45, 7) is 3.91. The van der Waals surface area contributed by atoms with Crippen LogP contribution in [0, 0.1) is 13.8 Å². The Bertz CT molecular complexity index is 714. The zero-order valence-electron chi connectivity index (χ0n) is 11.3. The molecule has 1 aromatic heterocycles. The summed E-state index contributed by atoms with van der Waals surface area (Å²) in [4.78, 5) is 5.65. The van der Waals surface area contributed by atoms with E-state index in [9.17, 15) is 8.42 Å². The molecular formula is C12H14N4O2S2. The third-order valence-corrected chi connectivity index (χ3v) is 4.71. The molecule has 0 radical (unpaired) electrons. The summed E-state index contributed by atoms with van der Waals surface area (Å²) in [5.41, 5.74) is 4.28. The molecule has 1 heterocycles. The Hall–Kier alpha value is -1.80. The molecule has 2 aromatic rings. The minimum atomic E-state index is -3.18. The fraction of sp³-hybridized carbons (Fsp3) is 0.250. The van der Waals surface area contributed by atoms with E-state index in [0.29, 0.717) is 10.8 Å². The average Bonchev–Trinajstić information content (AvgIpc) is 2.68. The van der Waals surface area contributed by atoms with Crippen LogP contribution < -0.4 is 5.43 Å². The Balaban J connectivity index is 2.05. The van der Waals surface area contributed by atoms with Crippen molar-refractivity contribution in [3.05, 3.63) is 34.8 Å². The number of nitrogens with zero attached hydrogens (tertiary/aromatic N) is 3. The predicted octanol–water partition coefficient (Wildman–Crippen LogP) is 3.27. The van der Waals surface area contributed by atoms with E-state index in [1.54, 1.807) is 12.1 Å². The first-order valence-electron chi connectivity index (χ1n) is 5.77. The fourth-order valence-corrected chi connectivity index (χ4v) is 2.79. The van der Waals surface area contributed by atoms with Crippen molar-refractivity contribution in [2.75, 3.05) is 11.7 Å². The number of aryl methyl sites for hydroxylation is 2. The van der Waals surface area contributed by atoms with Crippen molar-refractivity contribution in [1.82, 2.24) is 4.98 Å². The van der Waals surface area contributed by atoms with Crippen LogP contribution in [0.25, 0.3) is 0 Å². The van der Waals surface area contributed by atoms with Crippen molar-refractivity contribution in [3.8, 4) is 0 Å². The molecule has 0 aliphatic heterocycles. The molecule has 1 aromatic carbocycles. The first kappa shape index (κ1) is 14.6. The first-order chi connectivity index (χ1) is 9.36. The molecule has 0 amide bonds. The molecular weight excluding hydrogens is 296 g/mol. The second kappa shape index (κ2) is 5.68. The summed E-state index contributed by atoms with van der Waals surface area (Å²) < 4.78 is 22.6. The van der Waals surface area contributed by atoms with E-state index in [0.717, 1.165) is 16.8 Å². The monoisotopic (exact) mass is 310 g/mol. The van der Waals surface area contributed by atoms with Crippen molar-refractivity contribution in [3.63, 3.8) is 0 Å². The lowest BCUT2D eigenvalue weighted by molar-refractivity contribution is 0.602. The maximum Gasteiger partial charge on any atom is 0.205 e. The maximum atomic E-state index is 11.3. The molecule has 0 saturated carbocycles. The van der Waals surface area contributed by atoms with Gasteiger partial charge < -0.3 is 0 Å². The van der Waals surface area contributed by atoms with Gasteiger partial charge in [0.15, 0.2) is 9.84 Å². The highest BCUT2D eigenvalue weighted by molar-refractivity contribution is 7.90. The normalized spacial score (nSPS) is 11.9. The topological polar surface area (TPSA) is 83.8 Å². The van der Waals surface area contributed by atoms with E-state index in [2.05, 4.69) is 20.7 Å². The molecule has 20 heavy (non-hydrogen) atoms. The molecule has 8 heteroatoms. The molecule has 6 nitrogen and oxygen atoms in total. The van der Waals surface area contributed by atoms with Gasteiger partial charge in [-0.2, -0.15) is 0 Å². The lowest BCUT2D eigenvalue weighted by atomic mass is 10.3. The van der Waals surface area contributed by atoms with Crippen LogP contribution in [0.2, 0.25) is 0 Å². The van der Waals surface area contributed by atoms with Crippen molar-refractivity contribution < 1.29 is 8.42 Å². The van der Waals surface area contributed by atoms with Crippen molar-refractivity contribution in [1.29, 1.82) is 0 Å². The average molecular weight is 310 g/mol. The fourth-order valence-electron chi connectivity index (χ4n) is 1.41. The van der Waals surface area contributed by atoms with Gasteiger partial charge in [0.2, 0.25) is 5.13 Å². The second-order valence-corrected chi connectivity index (χ2v) is 7.46. The smallest absolute Gasteiger partial charge is 0.205 e. The van der Waals surface area contributed by atoms with Crippen LogP contribution in [0.4, 0.5) is 10.8 Å². The van der Waals surface area contributed by atoms with E-state index in [1.807, 2.05) is 13.8 Å². The number of aromatic nitrogens is 1. The molecule has 0 aliphatic rings. The summed E-state index contributed by atoms with van der Waals surface area (Å²) in [5, 5.41) is 8.46. The summed E-state index contributed by atoms with van der Waals surface area (Å²) in [5.74, 6) is 0. The van der Waals surface area contributed by atoms with Crippen LogP contribution in [0.3, 0.4) is 0 Å². The predicted molar refractivity (Wildman–Crippen MR) is 79.3 cm³/mol. The van der Waals surface area contributed by atoms with Crippen LogP contribution >= 0.6 is 11.3 Å². The van der Waals surface area contributed by atoms with Gasteiger partial charge in [0.25, 0.3) is 0 Å². The van der Waals surface area contributed by atoms with Crippen LogP contribution in [0.1, 0.15) is 10.6 Å². The molecule has 1 N–H and O–H groups in total. The molecule has 2 rings (SSSR count). The number of anilines is 1. The number of benzene rings is 1. The van der Waals surface area contributed by atoms with Gasteiger partial charge in [-0.15, -0.1) is 16.5 Å². The van der Waals surface area contributed by atoms with Gasteiger partial charge in [-0.25, -0.2) is 18.8 Å². The lowest BCUT2D eigenvalue weighted by Gasteiger charge is -1.97. The molecule has 0 aliphatic carbocycles. The highest BCUT2D eigenvalue weighted by atomic mass is 32.2. The van der Waals surface area contributed by atoms with E-state index in [-0.39, 0.29) is 4.90 Å². The molecule has 0 spiro atoms. The zero-order valence-corrected chi connectivity index (χ0v) is 12.9. The Labute approximate surface area is 121 Å². The van der Waals surface area contributed by atoms with Gasteiger partial charge in [0.1, 0.15) is 0 Å². The van der Waals surface area contributed by atoms with E-state index < -0.39 is 9.84 Å². The van der Waals surface area contributed by atoms with Gasteiger partial charge in [0, 0.05) is 11.1 Å². The first-order valence-corrected chi connectivity index (χ1v) is 8.48. The third-order valence-electron chi connectivity index (χ3n) is 2.60. The number of hydrogen-bond acceptors (Lipinski definition) is 6. The van der Waals surface area contributed by atoms with Crippen molar-refractivity contribution in [2.24, 2.45) is 10.3 Å². The Kier molecular flexibility index (Phi) is 4.15. The number of sulfone groups is 1. The highest BCUT2D eigenvalue weighted by Crippen LogP contribution is 2.22. The van der Waals surface area contributed by atoms with E-state index in [4.69, 9.17) is 0 Å². The number of thiazole rings is 1. The Morgan fingerprint density at radius 2 is 1.85 bits per heavy atom. The molecule has 0 fully saturated rings.